The summed E-state index contributed by atoms with van der Waals surface area (Å²) in [7, 11) is 0. The molecule has 0 spiro atoms. The average Bonchev–Trinajstić information content (AvgIpc) is 3.06. The molecular weight excluding hydrogens is 404 g/mol. The Morgan fingerprint density at radius 1 is 1.13 bits per heavy atom. The van der Waals surface area contributed by atoms with E-state index in [1.807, 2.05) is 30.9 Å². The molecule has 2 amide bonds. The number of piperazine rings is 1. The van der Waals surface area contributed by atoms with Crippen molar-refractivity contribution in [1.82, 2.24) is 14.8 Å². The summed E-state index contributed by atoms with van der Waals surface area (Å²) < 4.78 is 0. The number of Topliss-reactive ketones (excluding diaryl/α,β-unsaturated/α-hetero) is 1. The van der Waals surface area contributed by atoms with Crippen molar-refractivity contribution in [3.05, 3.63) is 51.8 Å². The molecule has 7 nitrogen and oxygen atoms in total. The number of H-pyrrole nitrogens is 1. The number of nitrogens with one attached hydrogen (secondary N) is 2. The van der Waals surface area contributed by atoms with E-state index >= 15 is 0 Å². The highest BCUT2D eigenvalue weighted by molar-refractivity contribution is 6.33. The molecule has 0 unspecified atom stereocenters. The number of amides is 2. The van der Waals surface area contributed by atoms with Crippen molar-refractivity contribution >= 4 is 34.9 Å². The number of carbonyl (C=O) groups is 3. The van der Waals surface area contributed by atoms with Crippen molar-refractivity contribution in [3.63, 3.8) is 0 Å². The molecule has 3 rings (SSSR count). The summed E-state index contributed by atoms with van der Waals surface area (Å²) in [6.45, 7) is 7.78. The van der Waals surface area contributed by atoms with Crippen molar-refractivity contribution in [2.45, 2.75) is 27.2 Å². The first-order chi connectivity index (χ1) is 14.3. The Kier molecular flexibility index (Phi) is 6.95. The van der Waals surface area contributed by atoms with Crippen molar-refractivity contribution in [1.29, 1.82) is 0 Å². The second-order valence-electron chi connectivity index (χ2n) is 7.48. The van der Waals surface area contributed by atoms with Gasteiger partial charge in [-0.05, 0) is 38.0 Å². The van der Waals surface area contributed by atoms with Crippen LogP contribution in [-0.4, -0.2) is 65.1 Å². The van der Waals surface area contributed by atoms with Gasteiger partial charge in [0.2, 0.25) is 5.91 Å². The number of aromatic amines is 1. The zero-order valence-electron chi connectivity index (χ0n) is 17.5. The molecule has 0 atom stereocenters. The van der Waals surface area contributed by atoms with Gasteiger partial charge in [-0.1, -0.05) is 30.7 Å². The predicted molar refractivity (Wildman–Crippen MR) is 117 cm³/mol. The quantitative estimate of drug-likeness (QED) is 0.689. The van der Waals surface area contributed by atoms with E-state index in [4.69, 9.17) is 11.6 Å². The summed E-state index contributed by atoms with van der Waals surface area (Å²) in [5, 5.41) is 3.32. The van der Waals surface area contributed by atoms with E-state index in [2.05, 4.69) is 10.3 Å². The molecule has 1 aliphatic rings. The third-order valence-electron chi connectivity index (χ3n) is 5.39. The fraction of sp³-hybridized carbons (Fsp3) is 0.409. The maximum absolute atomic E-state index is 13.0. The summed E-state index contributed by atoms with van der Waals surface area (Å²) >= 11 is 6.08. The van der Waals surface area contributed by atoms with E-state index in [0.717, 1.165) is 11.3 Å². The summed E-state index contributed by atoms with van der Waals surface area (Å²) in [6.07, 6.45) is 0.614. The van der Waals surface area contributed by atoms with Gasteiger partial charge in [0.05, 0.1) is 17.3 Å². The number of carbonyl (C=O) groups excluding carboxylic acids is 3. The van der Waals surface area contributed by atoms with E-state index in [1.54, 1.807) is 17.0 Å². The molecule has 1 aromatic carbocycles. The normalized spacial score (nSPS) is 14.6. The lowest BCUT2D eigenvalue weighted by Crippen LogP contribution is -2.50. The number of aromatic nitrogens is 1. The molecule has 1 aliphatic heterocycles. The zero-order valence-corrected chi connectivity index (χ0v) is 18.3. The number of anilines is 1. The molecular formula is C22H27ClN4O3. The zero-order chi connectivity index (χ0) is 21.8. The minimum absolute atomic E-state index is 0.0333. The maximum Gasteiger partial charge on any atom is 0.270 e. The molecule has 160 valence electrons. The first kappa shape index (κ1) is 22.1. The van der Waals surface area contributed by atoms with Crippen LogP contribution in [0.2, 0.25) is 5.02 Å². The van der Waals surface area contributed by atoms with Crippen LogP contribution in [0.5, 0.6) is 0 Å². The van der Waals surface area contributed by atoms with Gasteiger partial charge in [-0.25, -0.2) is 0 Å². The van der Waals surface area contributed by atoms with E-state index in [9.17, 15) is 14.4 Å². The van der Waals surface area contributed by atoms with Gasteiger partial charge in [-0.2, -0.15) is 0 Å². The number of halogens is 1. The maximum atomic E-state index is 13.0. The second-order valence-corrected chi connectivity index (χ2v) is 7.89. The van der Waals surface area contributed by atoms with Gasteiger partial charge in [0.15, 0.2) is 5.78 Å². The highest BCUT2D eigenvalue weighted by Crippen LogP contribution is 2.23. The summed E-state index contributed by atoms with van der Waals surface area (Å²) in [5.41, 5.74) is 3.23. The summed E-state index contributed by atoms with van der Waals surface area (Å²) in [4.78, 5) is 44.2. The minimum atomic E-state index is -0.137. The van der Waals surface area contributed by atoms with Crippen LogP contribution in [0.4, 0.5) is 5.69 Å². The Balaban J connectivity index is 1.59. The molecule has 0 saturated carbocycles. The summed E-state index contributed by atoms with van der Waals surface area (Å²) in [6, 6.07) is 7.11. The van der Waals surface area contributed by atoms with E-state index in [1.165, 1.54) is 6.92 Å². The van der Waals surface area contributed by atoms with Crippen LogP contribution in [0.15, 0.2) is 24.3 Å². The molecule has 2 aromatic rings. The Morgan fingerprint density at radius 2 is 1.80 bits per heavy atom. The molecule has 0 aliphatic carbocycles. The average molecular weight is 431 g/mol. The minimum Gasteiger partial charge on any atom is -0.354 e. The standard InChI is InChI=1S/C22H27ClN4O3/c1-4-16-20(15(3)28)14(2)24-21(16)22(30)27-11-9-26(10-12-27)13-19(29)25-18-8-6-5-7-17(18)23/h5-8,24H,4,9-13H2,1-3H3,(H,25,29). The monoisotopic (exact) mass is 430 g/mol. The van der Waals surface area contributed by atoms with Gasteiger partial charge in [0.25, 0.3) is 5.91 Å². The van der Waals surface area contributed by atoms with Crippen LogP contribution < -0.4 is 5.32 Å². The Bertz CT molecular complexity index is 961. The van der Waals surface area contributed by atoms with Crippen LogP contribution in [-0.2, 0) is 11.2 Å². The van der Waals surface area contributed by atoms with Crippen molar-refractivity contribution in [3.8, 4) is 0 Å². The fourth-order valence-electron chi connectivity index (χ4n) is 3.91. The molecule has 1 fully saturated rings. The van der Waals surface area contributed by atoms with Gasteiger partial charge >= 0.3 is 0 Å². The molecule has 30 heavy (non-hydrogen) atoms. The number of hydrogen-bond donors (Lipinski definition) is 2. The van der Waals surface area contributed by atoms with E-state index in [-0.39, 0.29) is 24.1 Å². The Labute approximate surface area is 181 Å². The number of aryl methyl sites for hydroxylation is 1. The van der Waals surface area contributed by atoms with Crippen LogP contribution in [0, 0.1) is 6.92 Å². The lowest BCUT2D eigenvalue weighted by Gasteiger charge is -2.34. The molecule has 2 N–H and O–H groups in total. The number of para-hydroxylation sites is 1. The van der Waals surface area contributed by atoms with Gasteiger partial charge in [0, 0.05) is 37.4 Å². The van der Waals surface area contributed by atoms with Gasteiger partial charge in [-0.15, -0.1) is 0 Å². The van der Waals surface area contributed by atoms with Crippen molar-refractivity contribution < 1.29 is 14.4 Å². The number of rotatable bonds is 6. The van der Waals surface area contributed by atoms with Crippen LogP contribution in [0.25, 0.3) is 0 Å². The van der Waals surface area contributed by atoms with E-state index < -0.39 is 0 Å². The SMILES string of the molecule is CCc1c(C(=O)N2CCN(CC(=O)Nc3ccccc3Cl)CC2)[nH]c(C)c1C(C)=O. The molecule has 2 heterocycles. The molecule has 1 saturated heterocycles. The highest BCUT2D eigenvalue weighted by Gasteiger charge is 2.28. The van der Waals surface area contributed by atoms with Crippen LogP contribution in [0.3, 0.4) is 0 Å². The number of benzene rings is 1. The van der Waals surface area contributed by atoms with E-state index in [0.29, 0.717) is 54.6 Å². The van der Waals surface area contributed by atoms with Crippen LogP contribution >= 0.6 is 11.6 Å². The molecule has 8 heteroatoms. The molecule has 0 bridgehead atoms. The Morgan fingerprint density at radius 3 is 2.40 bits per heavy atom. The fourth-order valence-corrected chi connectivity index (χ4v) is 4.09. The Hall–Kier alpha value is -2.64. The topological polar surface area (TPSA) is 85.5 Å². The predicted octanol–water partition coefficient (Wildman–Crippen LogP) is 3.14. The lowest BCUT2D eigenvalue weighted by atomic mass is 10.0. The van der Waals surface area contributed by atoms with Gasteiger partial charge < -0.3 is 15.2 Å². The van der Waals surface area contributed by atoms with Crippen molar-refractivity contribution in [2.24, 2.45) is 0 Å². The number of ketones is 1. The highest BCUT2D eigenvalue weighted by atomic mass is 35.5. The first-order valence-electron chi connectivity index (χ1n) is 10.1. The number of hydrogen-bond acceptors (Lipinski definition) is 4. The van der Waals surface area contributed by atoms with Crippen molar-refractivity contribution in [2.75, 3.05) is 38.0 Å². The third-order valence-corrected chi connectivity index (χ3v) is 5.71. The second kappa shape index (κ2) is 9.45. The van der Waals surface area contributed by atoms with Gasteiger partial charge in [0.1, 0.15) is 5.69 Å². The molecule has 0 radical (unpaired) electrons. The molecule has 1 aromatic heterocycles. The van der Waals surface area contributed by atoms with Gasteiger partial charge in [-0.3, -0.25) is 19.3 Å². The third kappa shape index (κ3) is 4.74. The first-order valence-corrected chi connectivity index (χ1v) is 10.5. The summed E-state index contributed by atoms with van der Waals surface area (Å²) in [5.74, 6) is -0.265. The smallest absolute Gasteiger partial charge is 0.270 e. The largest absolute Gasteiger partial charge is 0.354 e. The van der Waals surface area contributed by atoms with Crippen LogP contribution in [0.1, 0.15) is 46.0 Å². The number of nitrogens with zero attached hydrogens (tertiary/aromatic N) is 2. The lowest BCUT2D eigenvalue weighted by molar-refractivity contribution is -0.117.